The predicted molar refractivity (Wildman–Crippen MR) is 120 cm³/mol. The fourth-order valence-corrected chi connectivity index (χ4v) is 3.46. The van der Waals surface area contributed by atoms with Gasteiger partial charge in [0.15, 0.2) is 0 Å². The second-order valence-electron chi connectivity index (χ2n) is 6.23. The van der Waals surface area contributed by atoms with E-state index in [1.165, 1.54) is 4.90 Å². The van der Waals surface area contributed by atoms with Crippen molar-refractivity contribution in [3.63, 3.8) is 0 Å². The van der Waals surface area contributed by atoms with Crippen molar-refractivity contribution in [2.75, 3.05) is 11.2 Å². The predicted octanol–water partition coefficient (Wildman–Crippen LogP) is 5.88. The molecule has 1 amide bonds. The van der Waals surface area contributed by atoms with Crippen molar-refractivity contribution in [3.8, 4) is 5.75 Å². The summed E-state index contributed by atoms with van der Waals surface area (Å²) in [6.07, 6.45) is 3.75. The van der Waals surface area contributed by atoms with Gasteiger partial charge in [-0.3, -0.25) is 4.79 Å². The SMILES string of the molecule is CSc1ccc(OC2=N/C(=C/c3ccccc3)C(=O)N2c2cccc(Cl)c2)cc1. The lowest BCUT2D eigenvalue weighted by molar-refractivity contribution is -0.113. The summed E-state index contributed by atoms with van der Waals surface area (Å²) < 4.78 is 5.98. The van der Waals surface area contributed by atoms with Crippen LogP contribution in [0.4, 0.5) is 5.69 Å². The normalized spacial score (nSPS) is 15.0. The van der Waals surface area contributed by atoms with E-state index in [1.807, 2.05) is 60.9 Å². The van der Waals surface area contributed by atoms with Crippen molar-refractivity contribution in [2.45, 2.75) is 4.90 Å². The number of ether oxygens (including phenoxy) is 1. The topological polar surface area (TPSA) is 41.9 Å². The van der Waals surface area contributed by atoms with Crippen molar-refractivity contribution in [2.24, 2.45) is 4.99 Å². The second kappa shape index (κ2) is 8.55. The largest absolute Gasteiger partial charge is 0.425 e. The number of nitrogens with zero attached hydrogens (tertiary/aromatic N) is 2. The molecule has 1 heterocycles. The first kappa shape index (κ1) is 19.3. The van der Waals surface area contributed by atoms with Gasteiger partial charge < -0.3 is 4.74 Å². The quantitative estimate of drug-likeness (QED) is 0.390. The average molecular weight is 421 g/mol. The first-order valence-corrected chi connectivity index (χ1v) is 10.5. The van der Waals surface area contributed by atoms with E-state index >= 15 is 0 Å². The maximum atomic E-state index is 13.1. The van der Waals surface area contributed by atoms with Crippen LogP contribution in [0.1, 0.15) is 5.56 Å². The first-order valence-electron chi connectivity index (χ1n) is 8.91. The first-order chi connectivity index (χ1) is 14.1. The van der Waals surface area contributed by atoms with Crippen LogP contribution in [-0.2, 0) is 4.79 Å². The standard InChI is InChI=1S/C23H17ClN2O2S/c1-29-20-12-10-19(11-13-20)28-23-25-21(14-16-6-3-2-4-7-16)22(27)26(23)18-9-5-8-17(24)15-18/h2-15H,1H3/b21-14+. The summed E-state index contributed by atoms with van der Waals surface area (Å²) in [6, 6.07) is 24.4. The van der Waals surface area contributed by atoms with E-state index in [2.05, 4.69) is 4.99 Å². The third kappa shape index (κ3) is 4.36. The smallest absolute Gasteiger partial charge is 0.310 e. The van der Waals surface area contributed by atoms with Gasteiger partial charge in [-0.25, -0.2) is 4.90 Å². The van der Waals surface area contributed by atoms with Gasteiger partial charge in [-0.1, -0.05) is 48.0 Å². The lowest BCUT2D eigenvalue weighted by Gasteiger charge is -2.18. The summed E-state index contributed by atoms with van der Waals surface area (Å²) in [7, 11) is 0. The minimum atomic E-state index is -0.271. The Balaban J connectivity index is 1.72. The van der Waals surface area contributed by atoms with Gasteiger partial charge >= 0.3 is 6.02 Å². The third-order valence-corrected chi connectivity index (χ3v) is 5.25. The maximum absolute atomic E-state index is 13.1. The van der Waals surface area contributed by atoms with Crippen LogP contribution in [0.15, 0.2) is 94.4 Å². The van der Waals surface area contributed by atoms with Crippen LogP contribution in [0.25, 0.3) is 6.08 Å². The molecule has 3 aromatic rings. The number of hydrogen-bond acceptors (Lipinski definition) is 4. The minimum Gasteiger partial charge on any atom is -0.425 e. The number of hydrogen-bond donors (Lipinski definition) is 0. The molecule has 4 rings (SSSR count). The molecule has 0 radical (unpaired) electrons. The van der Waals surface area contributed by atoms with Gasteiger partial charge in [0.2, 0.25) is 0 Å². The molecule has 0 fully saturated rings. The summed E-state index contributed by atoms with van der Waals surface area (Å²) in [4.78, 5) is 20.2. The molecule has 29 heavy (non-hydrogen) atoms. The Morgan fingerprint density at radius 3 is 2.45 bits per heavy atom. The van der Waals surface area contributed by atoms with E-state index in [9.17, 15) is 4.79 Å². The Hall–Kier alpha value is -3.02. The summed E-state index contributed by atoms with van der Waals surface area (Å²) in [5, 5.41) is 0.527. The fraction of sp³-hybridized carbons (Fsp3) is 0.0435. The van der Waals surface area contributed by atoms with E-state index in [0.29, 0.717) is 22.2 Å². The van der Waals surface area contributed by atoms with Crippen LogP contribution in [0, 0.1) is 0 Å². The van der Waals surface area contributed by atoms with Gasteiger partial charge in [-0.05, 0) is 60.4 Å². The lowest BCUT2D eigenvalue weighted by Crippen LogP contribution is -2.35. The van der Waals surface area contributed by atoms with Crippen molar-refractivity contribution < 1.29 is 9.53 Å². The van der Waals surface area contributed by atoms with E-state index in [0.717, 1.165) is 10.5 Å². The molecule has 0 unspecified atom stereocenters. The second-order valence-corrected chi connectivity index (χ2v) is 7.55. The molecule has 0 saturated heterocycles. The van der Waals surface area contributed by atoms with E-state index in [-0.39, 0.29) is 11.9 Å². The molecule has 0 bridgehead atoms. The number of thioether (sulfide) groups is 1. The summed E-state index contributed by atoms with van der Waals surface area (Å²) in [5.41, 5.74) is 1.78. The van der Waals surface area contributed by atoms with E-state index < -0.39 is 0 Å². The van der Waals surface area contributed by atoms with Gasteiger partial charge in [0, 0.05) is 9.92 Å². The van der Waals surface area contributed by atoms with Crippen LogP contribution in [-0.4, -0.2) is 18.2 Å². The molecule has 3 aromatic carbocycles. The Labute approximate surface area is 178 Å². The molecule has 0 aliphatic carbocycles. The molecular weight excluding hydrogens is 404 g/mol. The van der Waals surface area contributed by atoms with Gasteiger partial charge in [-0.15, -0.1) is 11.8 Å². The lowest BCUT2D eigenvalue weighted by atomic mass is 10.2. The Bertz CT molecular complexity index is 1100. The molecule has 1 aliphatic heterocycles. The number of amidine groups is 1. The number of anilines is 1. The van der Waals surface area contributed by atoms with Crippen molar-refractivity contribution in [1.82, 2.24) is 0 Å². The van der Waals surface area contributed by atoms with Gasteiger partial charge in [0.25, 0.3) is 5.91 Å². The molecule has 0 N–H and O–H groups in total. The van der Waals surface area contributed by atoms with E-state index in [4.69, 9.17) is 16.3 Å². The molecule has 0 spiro atoms. The third-order valence-electron chi connectivity index (χ3n) is 4.27. The molecule has 1 aliphatic rings. The average Bonchev–Trinajstić information content (AvgIpc) is 3.04. The van der Waals surface area contributed by atoms with Gasteiger partial charge in [-0.2, -0.15) is 4.99 Å². The molecule has 0 saturated carbocycles. The number of amides is 1. The summed E-state index contributed by atoms with van der Waals surface area (Å²) in [5.74, 6) is 0.328. The zero-order chi connectivity index (χ0) is 20.2. The van der Waals surface area contributed by atoms with Gasteiger partial charge in [0.05, 0.1) is 5.69 Å². The molecule has 0 atom stereocenters. The highest BCUT2D eigenvalue weighted by Crippen LogP contribution is 2.29. The number of halogens is 1. The van der Waals surface area contributed by atoms with E-state index in [1.54, 1.807) is 42.1 Å². The molecule has 0 aromatic heterocycles. The highest BCUT2D eigenvalue weighted by Gasteiger charge is 2.33. The zero-order valence-electron chi connectivity index (χ0n) is 15.6. The van der Waals surface area contributed by atoms with Crippen LogP contribution in [0.2, 0.25) is 5.02 Å². The Kier molecular flexibility index (Phi) is 5.69. The molecule has 144 valence electrons. The number of aliphatic imine (C=N–C) groups is 1. The van der Waals surface area contributed by atoms with Crippen molar-refractivity contribution >= 4 is 47.1 Å². The van der Waals surface area contributed by atoms with Crippen LogP contribution < -0.4 is 9.64 Å². The highest BCUT2D eigenvalue weighted by molar-refractivity contribution is 7.98. The number of rotatable bonds is 4. The maximum Gasteiger partial charge on any atom is 0.310 e. The summed E-state index contributed by atoms with van der Waals surface area (Å²) in [6.45, 7) is 0. The molecule has 6 heteroatoms. The molecular formula is C23H17ClN2O2S. The highest BCUT2D eigenvalue weighted by atomic mass is 35.5. The van der Waals surface area contributed by atoms with Crippen LogP contribution in [0.5, 0.6) is 5.75 Å². The summed E-state index contributed by atoms with van der Waals surface area (Å²) >= 11 is 7.79. The van der Waals surface area contributed by atoms with Crippen molar-refractivity contribution in [3.05, 3.63) is 95.1 Å². The van der Waals surface area contributed by atoms with Crippen molar-refractivity contribution in [1.29, 1.82) is 0 Å². The number of carbonyl (C=O) groups excluding carboxylic acids is 1. The zero-order valence-corrected chi connectivity index (χ0v) is 17.2. The minimum absolute atomic E-state index is 0.191. The number of benzene rings is 3. The number of carbonyl (C=O) groups is 1. The van der Waals surface area contributed by atoms with Crippen LogP contribution in [0.3, 0.4) is 0 Å². The monoisotopic (exact) mass is 420 g/mol. The Morgan fingerprint density at radius 1 is 1.00 bits per heavy atom. The van der Waals surface area contributed by atoms with Gasteiger partial charge in [0.1, 0.15) is 11.4 Å². The molecule has 4 nitrogen and oxygen atoms in total. The fourth-order valence-electron chi connectivity index (χ4n) is 2.86. The Morgan fingerprint density at radius 2 is 1.76 bits per heavy atom. The van der Waals surface area contributed by atoms with Crippen LogP contribution >= 0.6 is 23.4 Å².